The minimum atomic E-state index is -1.01. The van der Waals surface area contributed by atoms with Gasteiger partial charge in [0.15, 0.2) is 0 Å². The number of rotatable bonds is 3. The van der Waals surface area contributed by atoms with E-state index in [1.165, 1.54) is 6.07 Å². The lowest BCUT2D eigenvalue weighted by atomic mass is 10.2. The molecule has 0 radical (unpaired) electrons. The number of hydrogen-bond acceptors (Lipinski definition) is 3. The van der Waals surface area contributed by atoms with Crippen molar-refractivity contribution in [2.45, 2.75) is 0 Å². The second-order valence-electron chi connectivity index (χ2n) is 2.61. The molecular weight excluding hydrogens is 227 g/mol. The van der Waals surface area contributed by atoms with Crippen molar-refractivity contribution in [2.75, 3.05) is 11.2 Å². The van der Waals surface area contributed by atoms with Gasteiger partial charge in [-0.2, -0.15) is 4.39 Å². The molecule has 0 spiro atoms. The Hall–Kier alpha value is -1.69. The molecule has 0 fully saturated rings. The van der Waals surface area contributed by atoms with Crippen molar-refractivity contribution in [1.82, 2.24) is 0 Å². The second kappa shape index (κ2) is 4.70. The van der Waals surface area contributed by atoms with Gasteiger partial charge in [-0.1, -0.05) is 0 Å². The number of nitro benzene ring substituents is 1. The van der Waals surface area contributed by atoms with Gasteiger partial charge in [0.05, 0.1) is 4.92 Å². The van der Waals surface area contributed by atoms with Gasteiger partial charge in [0.2, 0.25) is 11.7 Å². The topological polar surface area (TPSA) is 72.2 Å². The smallest absolute Gasteiger partial charge is 0.304 e. The van der Waals surface area contributed by atoms with Crippen molar-refractivity contribution in [3.05, 3.63) is 34.1 Å². The Bertz CT molecular complexity index is 411. The molecule has 0 heterocycles. The molecule has 0 unspecified atom stereocenters. The summed E-state index contributed by atoms with van der Waals surface area (Å²) in [6.07, 6.45) is 0. The van der Waals surface area contributed by atoms with Crippen LogP contribution in [0.1, 0.15) is 0 Å². The predicted molar refractivity (Wildman–Crippen MR) is 52.4 cm³/mol. The van der Waals surface area contributed by atoms with Crippen molar-refractivity contribution < 1.29 is 14.1 Å². The molecule has 0 aliphatic heterocycles. The molecule has 1 rings (SSSR count). The third kappa shape index (κ3) is 2.88. The molecule has 15 heavy (non-hydrogen) atoms. The van der Waals surface area contributed by atoms with Gasteiger partial charge >= 0.3 is 5.69 Å². The first-order valence-electron chi connectivity index (χ1n) is 3.84. The van der Waals surface area contributed by atoms with Crippen LogP contribution >= 0.6 is 11.6 Å². The molecule has 1 aromatic rings. The molecule has 1 amide bonds. The van der Waals surface area contributed by atoms with Crippen molar-refractivity contribution in [2.24, 2.45) is 0 Å². The first-order chi connectivity index (χ1) is 7.04. The first-order valence-corrected chi connectivity index (χ1v) is 4.38. The number of nitro groups is 1. The fourth-order valence-electron chi connectivity index (χ4n) is 0.927. The third-order valence-electron chi connectivity index (χ3n) is 1.55. The summed E-state index contributed by atoms with van der Waals surface area (Å²) in [5.74, 6) is -1.78. The normalized spacial score (nSPS) is 9.73. The number of amides is 1. The summed E-state index contributed by atoms with van der Waals surface area (Å²) < 4.78 is 13.0. The van der Waals surface area contributed by atoms with Crippen LogP contribution in [-0.4, -0.2) is 16.7 Å². The van der Waals surface area contributed by atoms with Crippen LogP contribution < -0.4 is 5.32 Å². The number of alkyl halides is 1. The summed E-state index contributed by atoms with van der Waals surface area (Å²) >= 11 is 5.21. The maximum atomic E-state index is 13.0. The zero-order valence-electron chi connectivity index (χ0n) is 7.37. The van der Waals surface area contributed by atoms with Gasteiger partial charge in [0.25, 0.3) is 0 Å². The Morgan fingerprint density at radius 3 is 2.73 bits per heavy atom. The second-order valence-corrected chi connectivity index (χ2v) is 2.87. The van der Waals surface area contributed by atoms with E-state index < -0.39 is 22.3 Å². The summed E-state index contributed by atoms with van der Waals surface area (Å²) in [6.45, 7) is 0. The summed E-state index contributed by atoms with van der Waals surface area (Å²) in [7, 11) is 0. The van der Waals surface area contributed by atoms with Gasteiger partial charge in [0, 0.05) is 17.8 Å². The Morgan fingerprint density at radius 1 is 1.60 bits per heavy atom. The van der Waals surface area contributed by atoms with Crippen LogP contribution in [0.4, 0.5) is 15.8 Å². The Balaban J connectivity index is 2.91. The highest BCUT2D eigenvalue weighted by Gasteiger charge is 2.14. The number of halogens is 2. The zero-order chi connectivity index (χ0) is 11.4. The van der Waals surface area contributed by atoms with Crippen LogP contribution in [-0.2, 0) is 4.79 Å². The van der Waals surface area contributed by atoms with E-state index in [1.807, 2.05) is 0 Å². The zero-order valence-corrected chi connectivity index (χ0v) is 8.12. The van der Waals surface area contributed by atoms with Gasteiger partial charge < -0.3 is 5.32 Å². The molecule has 5 nitrogen and oxygen atoms in total. The minimum Gasteiger partial charge on any atom is -0.325 e. The van der Waals surface area contributed by atoms with Crippen molar-refractivity contribution in [3.8, 4) is 0 Å². The van der Waals surface area contributed by atoms with E-state index in [0.29, 0.717) is 0 Å². The summed E-state index contributed by atoms with van der Waals surface area (Å²) in [5, 5.41) is 12.5. The lowest BCUT2D eigenvalue weighted by Crippen LogP contribution is -2.12. The first kappa shape index (κ1) is 11.4. The largest absolute Gasteiger partial charge is 0.325 e. The van der Waals surface area contributed by atoms with Crippen LogP contribution in [0.2, 0.25) is 0 Å². The van der Waals surface area contributed by atoms with Gasteiger partial charge in [-0.15, -0.1) is 11.6 Å². The average Bonchev–Trinajstić information content (AvgIpc) is 2.17. The molecule has 0 aliphatic carbocycles. The van der Waals surface area contributed by atoms with Gasteiger partial charge in [0.1, 0.15) is 5.88 Å². The molecule has 0 saturated heterocycles. The van der Waals surface area contributed by atoms with E-state index in [9.17, 15) is 19.3 Å². The number of nitrogens with zero attached hydrogens (tertiary/aromatic N) is 1. The van der Waals surface area contributed by atoms with Crippen LogP contribution in [0.3, 0.4) is 0 Å². The summed E-state index contributed by atoms with van der Waals surface area (Å²) in [4.78, 5) is 20.2. The Labute approximate surface area is 89.0 Å². The number of carbonyl (C=O) groups is 1. The molecule has 0 saturated carbocycles. The standard InChI is InChI=1S/C8H6ClFN2O3/c9-4-8(13)11-5-1-2-7(12(14)15)6(10)3-5/h1-3H,4H2,(H,11,13). The SMILES string of the molecule is O=C(CCl)Nc1ccc([N+](=O)[O-])c(F)c1. The lowest BCUT2D eigenvalue weighted by molar-refractivity contribution is -0.387. The predicted octanol–water partition coefficient (Wildman–Crippen LogP) is 1.91. The molecule has 80 valence electrons. The quantitative estimate of drug-likeness (QED) is 0.492. The number of nitrogens with one attached hydrogen (secondary N) is 1. The molecule has 0 aromatic heterocycles. The summed E-state index contributed by atoms with van der Waals surface area (Å²) in [5.41, 5.74) is -0.511. The third-order valence-corrected chi connectivity index (χ3v) is 1.79. The van der Waals surface area contributed by atoms with Gasteiger partial charge in [-0.25, -0.2) is 0 Å². The Kier molecular flexibility index (Phi) is 3.56. The van der Waals surface area contributed by atoms with Crippen LogP contribution in [0, 0.1) is 15.9 Å². The fourth-order valence-corrected chi connectivity index (χ4v) is 0.994. The van der Waals surface area contributed by atoms with Crippen molar-refractivity contribution in [3.63, 3.8) is 0 Å². The molecule has 1 N–H and O–H groups in total. The number of carbonyl (C=O) groups excluding carboxylic acids is 1. The molecule has 7 heteroatoms. The Morgan fingerprint density at radius 2 is 2.27 bits per heavy atom. The lowest BCUT2D eigenvalue weighted by Gasteiger charge is -2.02. The van der Waals surface area contributed by atoms with E-state index in [4.69, 9.17) is 11.6 Å². The molecule has 0 atom stereocenters. The van der Waals surface area contributed by atoms with E-state index in [-0.39, 0.29) is 11.6 Å². The van der Waals surface area contributed by atoms with Gasteiger partial charge in [-0.3, -0.25) is 14.9 Å². The molecular formula is C8H6ClFN2O3. The van der Waals surface area contributed by atoms with E-state index in [1.54, 1.807) is 0 Å². The molecule has 0 bridgehead atoms. The van der Waals surface area contributed by atoms with Crippen LogP contribution in [0.5, 0.6) is 0 Å². The fraction of sp³-hybridized carbons (Fsp3) is 0.125. The highest BCUT2D eigenvalue weighted by Crippen LogP contribution is 2.20. The van der Waals surface area contributed by atoms with Gasteiger partial charge in [-0.05, 0) is 6.07 Å². The van der Waals surface area contributed by atoms with E-state index >= 15 is 0 Å². The molecule has 1 aromatic carbocycles. The molecule has 0 aliphatic rings. The number of benzene rings is 1. The highest BCUT2D eigenvalue weighted by molar-refractivity contribution is 6.29. The number of anilines is 1. The van der Waals surface area contributed by atoms with Crippen molar-refractivity contribution >= 4 is 28.9 Å². The van der Waals surface area contributed by atoms with Crippen LogP contribution in [0.15, 0.2) is 18.2 Å². The van der Waals surface area contributed by atoms with E-state index in [0.717, 1.165) is 12.1 Å². The highest BCUT2D eigenvalue weighted by atomic mass is 35.5. The van der Waals surface area contributed by atoms with Crippen LogP contribution in [0.25, 0.3) is 0 Å². The average molecular weight is 233 g/mol. The summed E-state index contributed by atoms with van der Waals surface area (Å²) in [6, 6.07) is 3.06. The number of hydrogen-bond donors (Lipinski definition) is 1. The van der Waals surface area contributed by atoms with Crippen molar-refractivity contribution in [1.29, 1.82) is 0 Å². The maximum Gasteiger partial charge on any atom is 0.304 e. The monoisotopic (exact) mass is 232 g/mol. The maximum absolute atomic E-state index is 13.0. The van der Waals surface area contributed by atoms with E-state index in [2.05, 4.69) is 5.32 Å². The minimum absolute atomic E-state index is 0.128.